The van der Waals surface area contributed by atoms with Crippen molar-refractivity contribution in [1.82, 2.24) is 9.78 Å². The Labute approximate surface area is 98.5 Å². The minimum Gasteiger partial charge on any atom is -0.300 e. The van der Waals surface area contributed by atoms with Crippen molar-refractivity contribution in [3.63, 3.8) is 0 Å². The Balaban J connectivity index is 2.54. The zero-order chi connectivity index (χ0) is 11.7. The van der Waals surface area contributed by atoms with Crippen molar-refractivity contribution in [2.24, 2.45) is 7.05 Å². The molecule has 0 aliphatic carbocycles. The lowest BCUT2D eigenvalue weighted by Crippen LogP contribution is -2.13. The van der Waals surface area contributed by atoms with E-state index in [1.165, 1.54) is 9.58 Å². The molecule has 2 rings (SSSR count). The molecule has 4 heteroatoms. The molecule has 0 radical (unpaired) electrons. The van der Waals surface area contributed by atoms with Crippen LogP contribution in [0.25, 0.3) is 11.1 Å². The highest BCUT2D eigenvalue weighted by Crippen LogP contribution is 2.22. The number of aromatic nitrogens is 2. The van der Waals surface area contributed by atoms with Crippen LogP contribution >= 0.6 is 11.8 Å². The first-order valence-corrected chi connectivity index (χ1v) is 6.26. The number of hydrogen-bond acceptors (Lipinski definition) is 2. The van der Waals surface area contributed by atoms with E-state index in [0.717, 1.165) is 16.8 Å². The fourth-order valence-electron chi connectivity index (χ4n) is 1.78. The summed E-state index contributed by atoms with van der Waals surface area (Å²) in [5.41, 5.74) is 2.66. The van der Waals surface area contributed by atoms with Crippen LogP contribution in [0.5, 0.6) is 0 Å². The maximum atomic E-state index is 11.9. The van der Waals surface area contributed by atoms with E-state index in [4.69, 9.17) is 0 Å². The fraction of sp³-hybridized carbons (Fsp3) is 0.250. The number of thioether (sulfide) groups is 1. The van der Waals surface area contributed by atoms with Crippen molar-refractivity contribution >= 4 is 11.8 Å². The van der Waals surface area contributed by atoms with Gasteiger partial charge >= 0.3 is 0 Å². The van der Waals surface area contributed by atoms with Gasteiger partial charge in [-0.05, 0) is 30.9 Å². The number of nitrogens with one attached hydrogen (secondary N) is 1. The van der Waals surface area contributed by atoms with E-state index in [1.807, 2.05) is 37.4 Å². The first-order chi connectivity index (χ1) is 7.63. The summed E-state index contributed by atoms with van der Waals surface area (Å²) in [6.45, 7) is 1.92. The highest BCUT2D eigenvalue weighted by molar-refractivity contribution is 7.98. The Bertz CT molecular complexity index is 551. The molecule has 0 unspecified atom stereocenters. The van der Waals surface area contributed by atoms with Gasteiger partial charge in [-0.1, -0.05) is 12.1 Å². The smallest absolute Gasteiger partial charge is 0.274 e. The van der Waals surface area contributed by atoms with Crippen molar-refractivity contribution in [1.29, 1.82) is 0 Å². The first kappa shape index (κ1) is 11.1. The van der Waals surface area contributed by atoms with Crippen molar-refractivity contribution in [2.75, 3.05) is 6.26 Å². The number of nitrogens with zero attached hydrogens (tertiary/aromatic N) is 1. The Morgan fingerprint density at radius 3 is 2.31 bits per heavy atom. The molecule has 2 aromatic rings. The zero-order valence-electron chi connectivity index (χ0n) is 9.57. The minimum absolute atomic E-state index is 0.0226. The number of rotatable bonds is 2. The summed E-state index contributed by atoms with van der Waals surface area (Å²) >= 11 is 1.70. The molecule has 0 fully saturated rings. The monoisotopic (exact) mass is 234 g/mol. The van der Waals surface area contributed by atoms with Crippen LogP contribution in [-0.4, -0.2) is 16.0 Å². The fourth-order valence-corrected chi connectivity index (χ4v) is 2.19. The topological polar surface area (TPSA) is 37.8 Å². The molecule has 1 N–H and O–H groups in total. The molecule has 0 bridgehead atoms. The molecule has 1 heterocycles. The highest BCUT2D eigenvalue weighted by Gasteiger charge is 2.10. The van der Waals surface area contributed by atoms with Crippen LogP contribution in [0.3, 0.4) is 0 Å². The van der Waals surface area contributed by atoms with Crippen molar-refractivity contribution in [3.8, 4) is 11.1 Å². The van der Waals surface area contributed by atoms with Crippen LogP contribution < -0.4 is 5.56 Å². The molecule has 0 saturated heterocycles. The predicted octanol–water partition coefficient (Wildman–Crippen LogP) is 2.41. The van der Waals surface area contributed by atoms with Gasteiger partial charge in [-0.15, -0.1) is 11.8 Å². The van der Waals surface area contributed by atoms with E-state index in [0.29, 0.717) is 0 Å². The average Bonchev–Trinajstić information content (AvgIpc) is 2.54. The summed E-state index contributed by atoms with van der Waals surface area (Å²) in [6, 6.07) is 8.05. The van der Waals surface area contributed by atoms with E-state index in [2.05, 4.69) is 5.10 Å². The lowest BCUT2D eigenvalue weighted by molar-refractivity contribution is 0.731. The van der Waals surface area contributed by atoms with Crippen molar-refractivity contribution in [3.05, 3.63) is 40.3 Å². The second kappa shape index (κ2) is 4.22. The number of hydrogen-bond donors (Lipinski definition) is 1. The maximum Gasteiger partial charge on any atom is 0.274 e. The SMILES string of the molecule is CSc1ccc(-c2c(C)[nH]n(C)c2=O)cc1. The summed E-state index contributed by atoms with van der Waals surface area (Å²) in [4.78, 5) is 13.1. The Kier molecular flexibility index (Phi) is 2.92. The highest BCUT2D eigenvalue weighted by atomic mass is 32.2. The molecule has 0 atom stereocenters. The third kappa shape index (κ3) is 1.80. The molecular formula is C12H14N2OS. The van der Waals surface area contributed by atoms with Crippen LogP contribution in [0.2, 0.25) is 0 Å². The third-order valence-electron chi connectivity index (χ3n) is 2.61. The summed E-state index contributed by atoms with van der Waals surface area (Å²) in [5, 5.41) is 3.00. The van der Waals surface area contributed by atoms with Crippen LogP contribution in [-0.2, 0) is 7.05 Å². The number of benzene rings is 1. The molecule has 1 aromatic carbocycles. The summed E-state index contributed by atoms with van der Waals surface area (Å²) in [5.74, 6) is 0. The van der Waals surface area contributed by atoms with E-state index in [1.54, 1.807) is 18.8 Å². The second-order valence-corrected chi connectivity index (χ2v) is 4.58. The largest absolute Gasteiger partial charge is 0.300 e. The predicted molar refractivity (Wildman–Crippen MR) is 68.0 cm³/mol. The zero-order valence-corrected chi connectivity index (χ0v) is 10.4. The molecule has 0 amide bonds. The molecule has 0 spiro atoms. The van der Waals surface area contributed by atoms with Crippen molar-refractivity contribution < 1.29 is 0 Å². The summed E-state index contributed by atoms with van der Waals surface area (Å²) < 4.78 is 1.51. The lowest BCUT2D eigenvalue weighted by Gasteiger charge is -2.00. The van der Waals surface area contributed by atoms with Crippen LogP contribution in [0.4, 0.5) is 0 Å². The van der Waals surface area contributed by atoms with Gasteiger partial charge in [0.1, 0.15) is 0 Å². The van der Waals surface area contributed by atoms with Gasteiger partial charge in [-0.3, -0.25) is 14.6 Å². The van der Waals surface area contributed by atoms with Crippen molar-refractivity contribution in [2.45, 2.75) is 11.8 Å². The van der Waals surface area contributed by atoms with Gasteiger partial charge in [0.15, 0.2) is 0 Å². The molecular weight excluding hydrogens is 220 g/mol. The molecule has 16 heavy (non-hydrogen) atoms. The molecule has 0 saturated carbocycles. The van der Waals surface area contributed by atoms with E-state index >= 15 is 0 Å². The van der Waals surface area contributed by atoms with Gasteiger partial charge in [-0.25, -0.2) is 0 Å². The lowest BCUT2D eigenvalue weighted by atomic mass is 10.1. The number of aryl methyl sites for hydroxylation is 2. The quantitative estimate of drug-likeness (QED) is 0.810. The normalized spacial score (nSPS) is 10.7. The van der Waals surface area contributed by atoms with Gasteiger partial charge in [0, 0.05) is 17.6 Å². The minimum atomic E-state index is 0.0226. The standard InChI is InChI=1S/C12H14N2OS/c1-8-11(12(15)14(2)13-8)9-4-6-10(16-3)7-5-9/h4-7,13H,1-3H3. The molecule has 0 aliphatic rings. The van der Waals surface area contributed by atoms with Gasteiger partial charge < -0.3 is 0 Å². The third-order valence-corrected chi connectivity index (χ3v) is 3.35. The maximum absolute atomic E-state index is 11.9. The van der Waals surface area contributed by atoms with Crippen LogP contribution in [0.15, 0.2) is 34.0 Å². The molecule has 84 valence electrons. The van der Waals surface area contributed by atoms with Gasteiger partial charge in [-0.2, -0.15) is 0 Å². The Hall–Kier alpha value is -1.42. The molecule has 1 aromatic heterocycles. The average molecular weight is 234 g/mol. The van der Waals surface area contributed by atoms with Gasteiger partial charge in [0.2, 0.25) is 0 Å². The Morgan fingerprint density at radius 2 is 1.88 bits per heavy atom. The number of aromatic amines is 1. The van der Waals surface area contributed by atoms with Gasteiger partial charge in [0.25, 0.3) is 5.56 Å². The van der Waals surface area contributed by atoms with Crippen LogP contribution in [0, 0.1) is 6.92 Å². The van der Waals surface area contributed by atoms with Crippen LogP contribution in [0.1, 0.15) is 5.69 Å². The molecule has 3 nitrogen and oxygen atoms in total. The number of H-pyrrole nitrogens is 1. The second-order valence-electron chi connectivity index (χ2n) is 3.70. The van der Waals surface area contributed by atoms with E-state index < -0.39 is 0 Å². The van der Waals surface area contributed by atoms with E-state index in [-0.39, 0.29) is 5.56 Å². The summed E-state index contributed by atoms with van der Waals surface area (Å²) in [7, 11) is 1.73. The summed E-state index contributed by atoms with van der Waals surface area (Å²) in [6.07, 6.45) is 2.04. The Morgan fingerprint density at radius 1 is 1.25 bits per heavy atom. The van der Waals surface area contributed by atoms with E-state index in [9.17, 15) is 4.79 Å². The van der Waals surface area contributed by atoms with Gasteiger partial charge in [0.05, 0.1) is 5.56 Å². The molecule has 0 aliphatic heterocycles. The first-order valence-electron chi connectivity index (χ1n) is 5.03.